The molecule has 1 fully saturated rings. The van der Waals surface area contributed by atoms with Crippen LogP contribution in [0.3, 0.4) is 0 Å². The molecule has 0 atom stereocenters. The molecule has 2 aromatic rings. The number of para-hydroxylation sites is 2. The predicted molar refractivity (Wildman–Crippen MR) is 112 cm³/mol. The molecule has 2 heterocycles. The molecule has 0 bridgehead atoms. The van der Waals surface area contributed by atoms with Crippen molar-refractivity contribution in [1.29, 1.82) is 0 Å². The molecular formula is C20H29N7O. The van der Waals surface area contributed by atoms with E-state index >= 15 is 0 Å². The van der Waals surface area contributed by atoms with Crippen molar-refractivity contribution in [2.24, 2.45) is 12.0 Å². The highest BCUT2D eigenvalue weighted by Gasteiger charge is 2.21. The second-order valence-electron chi connectivity index (χ2n) is 6.68. The fourth-order valence-corrected chi connectivity index (χ4v) is 3.22. The zero-order valence-electron chi connectivity index (χ0n) is 16.9. The smallest absolute Gasteiger partial charge is 0.194 e. The van der Waals surface area contributed by atoms with Gasteiger partial charge >= 0.3 is 0 Å². The van der Waals surface area contributed by atoms with Gasteiger partial charge < -0.3 is 24.4 Å². The lowest BCUT2D eigenvalue weighted by molar-refractivity contribution is 0.367. The van der Waals surface area contributed by atoms with Gasteiger partial charge in [-0.2, -0.15) is 0 Å². The van der Waals surface area contributed by atoms with Crippen molar-refractivity contribution in [3.8, 4) is 5.75 Å². The summed E-state index contributed by atoms with van der Waals surface area (Å²) >= 11 is 0. The molecule has 0 radical (unpaired) electrons. The molecule has 150 valence electrons. The van der Waals surface area contributed by atoms with Crippen molar-refractivity contribution in [1.82, 2.24) is 25.0 Å². The van der Waals surface area contributed by atoms with E-state index in [0.29, 0.717) is 13.1 Å². The first-order chi connectivity index (χ1) is 13.6. The molecule has 1 saturated heterocycles. The second-order valence-corrected chi connectivity index (χ2v) is 6.68. The molecule has 1 aromatic carbocycles. The summed E-state index contributed by atoms with van der Waals surface area (Å²) in [5.74, 6) is 3.52. The van der Waals surface area contributed by atoms with Gasteiger partial charge in [-0.3, -0.25) is 0 Å². The lowest BCUT2D eigenvalue weighted by Crippen LogP contribution is -2.52. The Balaban J connectivity index is 1.68. The van der Waals surface area contributed by atoms with E-state index in [0.717, 1.165) is 55.2 Å². The van der Waals surface area contributed by atoms with Crippen molar-refractivity contribution in [2.75, 3.05) is 44.7 Å². The first-order valence-electron chi connectivity index (χ1n) is 9.51. The first kappa shape index (κ1) is 19.7. The van der Waals surface area contributed by atoms with Crippen LogP contribution in [0.2, 0.25) is 0 Å². The third-order valence-electron chi connectivity index (χ3n) is 4.96. The van der Waals surface area contributed by atoms with E-state index in [4.69, 9.17) is 9.73 Å². The Kier molecular flexibility index (Phi) is 6.52. The number of hydrogen-bond donors (Lipinski definition) is 1. The summed E-state index contributed by atoms with van der Waals surface area (Å²) in [6, 6.07) is 8.15. The number of piperazine rings is 1. The number of nitrogens with zero attached hydrogens (tertiary/aromatic N) is 6. The van der Waals surface area contributed by atoms with Crippen LogP contribution in [0.25, 0.3) is 0 Å². The number of hydrogen-bond acceptors (Lipinski definition) is 5. The lowest BCUT2D eigenvalue weighted by atomic mass is 10.2. The average molecular weight is 384 g/mol. The van der Waals surface area contributed by atoms with Gasteiger partial charge in [0.05, 0.1) is 12.8 Å². The molecule has 1 aromatic heterocycles. The van der Waals surface area contributed by atoms with Gasteiger partial charge in [0, 0.05) is 39.8 Å². The maximum Gasteiger partial charge on any atom is 0.194 e. The quantitative estimate of drug-likeness (QED) is 0.464. The number of methoxy groups -OCH3 is 1. The highest BCUT2D eigenvalue weighted by molar-refractivity contribution is 5.80. The van der Waals surface area contributed by atoms with Crippen molar-refractivity contribution < 1.29 is 4.74 Å². The molecule has 0 spiro atoms. The maximum absolute atomic E-state index is 5.51. The summed E-state index contributed by atoms with van der Waals surface area (Å²) in [5, 5.41) is 11.7. The number of benzene rings is 1. The Hall–Kier alpha value is -3.03. The van der Waals surface area contributed by atoms with Crippen LogP contribution in [-0.4, -0.2) is 65.5 Å². The molecule has 0 aliphatic carbocycles. The van der Waals surface area contributed by atoms with Gasteiger partial charge in [0.1, 0.15) is 18.1 Å². The summed E-state index contributed by atoms with van der Waals surface area (Å²) in [5.41, 5.74) is 1.14. The van der Waals surface area contributed by atoms with Crippen LogP contribution >= 0.6 is 0 Å². The Morgan fingerprint density at radius 3 is 2.64 bits per heavy atom. The third-order valence-corrected chi connectivity index (χ3v) is 4.96. The molecular weight excluding hydrogens is 354 g/mol. The van der Waals surface area contributed by atoms with Gasteiger partial charge in [0.2, 0.25) is 0 Å². The van der Waals surface area contributed by atoms with E-state index in [2.05, 4.69) is 38.0 Å². The molecule has 0 unspecified atom stereocenters. The summed E-state index contributed by atoms with van der Waals surface area (Å²) in [6.07, 6.45) is 1.84. The van der Waals surface area contributed by atoms with Gasteiger partial charge in [-0.1, -0.05) is 18.2 Å². The monoisotopic (exact) mass is 383 g/mol. The zero-order chi connectivity index (χ0) is 19.9. The van der Waals surface area contributed by atoms with Gasteiger partial charge in [-0.15, -0.1) is 16.8 Å². The molecule has 1 aliphatic heterocycles. The number of aliphatic imine (C=N–C) groups is 1. The Bertz CT molecular complexity index is 822. The number of aryl methyl sites for hydroxylation is 1. The van der Waals surface area contributed by atoms with E-state index in [1.54, 1.807) is 7.11 Å². The van der Waals surface area contributed by atoms with Crippen molar-refractivity contribution in [2.45, 2.75) is 13.5 Å². The van der Waals surface area contributed by atoms with E-state index < -0.39 is 0 Å². The van der Waals surface area contributed by atoms with E-state index in [1.807, 2.05) is 42.8 Å². The van der Waals surface area contributed by atoms with Crippen molar-refractivity contribution in [3.05, 3.63) is 48.6 Å². The zero-order valence-corrected chi connectivity index (χ0v) is 16.9. The van der Waals surface area contributed by atoms with Gasteiger partial charge in [0.15, 0.2) is 11.8 Å². The number of guanidine groups is 1. The number of aromatic nitrogens is 3. The van der Waals surface area contributed by atoms with Crippen LogP contribution in [0.5, 0.6) is 5.75 Å². The summed E-state index contributed by atoms with van der Waals surface area (Å²) in [4.78, 5) is 9.41. The second kappa shape index (κ2) is 9.25. The van der Waals surface area contributed by atoms with Crippen LogP contribution in [0.4, 0.5) is 5.69 Å². The minimum atomic E-state index is 0.490. The normalized spacial score (nSPS) is 14.9. The van der Waals surface area contributed by atoms with Gasteiger partial charge in [-0.05, 0) is 19.1 Å². The molecule has 1 N–H and O–H groups in total. The summed E-state index contributed by atoms with van der Waals surface area (Å²) in [6.45, 7) is 10.4. The van der Waals surface area contributed by atoms with Gasteiger partial charge in [0.25, 0.3) is 0 Å². The highest BCUT2D eigenvalue weighted by Crippen LogP contribution is 2.28. The lowest BCUT2D eigenvalue weighted by Gasteiger charge is -2.38. The predicted octanol–water partition coefficient (Wildman–Crippen LogP) is 1.59. The maximum atomic E-state index is 5.51. The summed E-state index contributed by atoms with van der Waals surface area (Å²) < 4.78 is 7.48. The number of nitrogens with one attached hydrogen (secondary N) is 1. The van der Waals surface area contributed by atoms with Crippen LogP contribution < -0.4 is 15.0 Å². The first-order valence-corrected chi connectivity index (χ1v) is 9.51. The number of rotatable bonds is 6. The van der Waals surface area contributed by atoms with Crippen LogP contribution in [0.15, 0.2) is 41.9 Å². The Morgan fingerprint density at radius 2 is 2.00 bits per heavy atom. The molecule has 0 saturated carbocycles. The number of ether oxygens (including phenoxy) is 1. The Labute approximate surface area is 166 Å². The van der Waals surface area contributed by atoms with E-state index in [9.17, 15) is 0 Å². The SMILES string of the molecule is C=CCNC(=NCc1nnc(C)n1C)N1CCN(c2ccccc2OC)CC1. The molecule has 3 rings (SSSR count). The number of anilines is 1. The topological polar surface area (TPSA) is 70.8 Å². The standard InChI is InChI=1S/C20H29N7O/c1-5-10-21-20(22-15-19-24-23-16(2)25(19)3)27-13-11-26(12-14-27)17-8-6-7-9-18(17)28-4/h5-9H,1,10-15H2,2-4H3,(H,21,22). The van der Waals surface area contributed by atoms with Crippen molar-refractivity contribution >= 4 is 11.6 Å². The molecule has 0 amide bonds. The largest absolute Gasteiger partial charge is 0.495 e. The van der Waals surface area contributed by atoms with E-state index in [-0.39, 0.29) is 0 Å². The van der Waals surface area contributed by atoms with Crippen molar-refractivity contribution in [3.63, 3.8) is 0 Å². The minimum absolute atomic E-state index is 0.490. The third kappa shape index (κ3) is 4.44. The molecule has 1 aliphatic rings. The molecule has 8 nitrogen and oxygen atoms in total. The molecule has 8 heteroatoms. The fourth-order valence-electron chi connectivity index (χ4n) is 3.22. The van der Waals surface area contributed by atoms with Gasteiger partial charge in [-0.25, -0.2) is 4.99 Å². The summed E-state index contributed by atoms with van der Waals surface area (Å²) in [7, 11) is 3.68. The molecule has 28 heavy (non-hydrogen) atoms. The van der Waals surface area contributed by atoms with E-state index in [1.165, 1.54) is 0 Å². The Morgan fingerprint density at radius 1 is 1.25 bits per heavy atom. The van der Waals surface area contributed by atoms with Crippen LogP contribution in [0, 0.1) is 6.92 Å². The van der Waals surface area contributed by atoms with Crippen LogP contribution in [-0.2, 0) is 13.6 Å². The highest BCUT2D eigenvalue weighted by atomic mass is 16.5. The minimum Gasteiger partial charge on any atom is -0.495 e. The van der Waals surface area contributed by atoms with Crippen LogP contribution in [0.1, 0.15) is 11.6 Å². The fraction of sp³-hybridized carbons (Fsp3) is 0.450. The average Bonchev–Trinajstić information content (AvgIpc) is 3.06.